The second-order valence-electron chi connectivity index (χ2n) is 5.16. The SMILES string of the molecule is CCOc1ccc2sc(N=Cc3cc([N+](=O)[O-])cc(OC)c3O)nc2c1. The Morgan fingerprint density at radius 1 is 1.38 bits per heavy atom. The van der Waals surface area contributed by atoms with Crippen molar-refractivity contribution in [1.29, 1.82) is 0 Å². The van der Waals surface area contributed by atoms with E-state index in [0.29, 0.717) is 11.7 Å². The smallest absolute Gasteiger partial charge is 0.274 e. The van der Waals surface area contributed by atoms with Crippen molar-refractivity contribution in [3.63, 3.8) is 0 Å². The molecule has 0 amide bonds. The highest BCUT2D eigenvalue weighted by Gasteiger charge is 2.16. The van der Waals surface area contributed by atoms with Gasteiger partial charge in [-0.15, -0.1) is 0 Å². The number of phenols is 1. The van der Waals surface area contributed by atoms with E-state index in [1.165, 1.54) is 30.7 Å². The lowest BCUT2D eigenvalue weighted by molar-refractivity contribution is -0.385. The number of nitro groups is 1. The van der Waals surface area contributed by atoms with Crippen LogP contribution < -0.4 is 9.47 Å². The zero-order chi connectivity index (χ0) is 18.7. The summed E-state index contributed by atoms with van der Waals surface area (Å²) in [5.74, 6) is 0.509. The standard InChI is InChI=1S/C17H15N3O5S/c1-3-25-12-4-5-15-13(8-12)19-17(26-15)18-9-10-6-11(20(22)23)7-14(24-2)16(10)21/h4-9,21H,3H2,1-2H3. The highest BCUT2D eigenvalue weighted by Crippen LogP contribution is 2.35. The van der Waals surface area contributed by atoms with E-state index in [1.54, 1.807) is 0 Å². The van der Waals surface area contributed by atoms with Crippen LogP contribution in [0, 0.1) is 10.1 Å². The Labute approximate surface area is 152 Å². The van der Waals surface area contributed by atoms with Crippen LogP contribution in [0.2, 0.25) is 0 Å². The van der Waals surface area contributed by atoms with E-state index in [4.69, 9.17) is 9.47 Å². The van der Waals surface area contributed by atoms with Crippen LogP contribution in [-0.2, 0) is 0 Å². The zero-order valence-corrected chi connectivity index (χ0v) is 14.8. The van der Waals surface area contributed by atoms with Crippen LogP contribution in [-0.4, -0.2) is 34.9 Å². The molecule has 1 N–H and O–H groups in total. The molecule has 0 aliphatic carbocycles. The normalized spacial score (nSPS) is 11.2. The molecule has 134 valence electrons. The molecule has 0 saturated heterocycles. The highest BCUT2D eigenvalue weighted by atomic mass is 32.1. The Bertz CT molecular complexity index is 999. The molecule has 1 aromatic heterocycles. The molecule has 26 heavy (non-hydrogen) atoms. The molecular formula is C17H15N3O5S. The number of non-ortho nitro benzene ring substituents is 1. The Hall–Kier alpha value is -3.20. The van der Waals surface area contributed by atoms with Crippen molar-refractivity contribution < 1.29 is 19.5 Å². The van der Waals surface area contributed by atoms with Crippen LogP contribution in [0.3, 0.4) is 0 Å². The Kier molecular flexibility index (Phi) is 4.99. The summed E-state index contributed by atoms with van der Waals surface area (Å²) in [6, 6.07) is 7.95. The number of nitrogens with zero attached hydrogens (tertiary/aromatic N) is 3. The molecule has 0 unspecified atom stereocenters. The summed E-state index contributed by atoms with van der Waals surface area (Å²) < 4.78 is 11.3. The van der Waals surface area contributed by atoms with Gasteiger partial charge in [-0.2, -0.15) is 0 Å². The molecule has 0 bridgehead atoms. The number of aromatic nitrogens is 1. The molecule has 9 heteroatoms. The van der Waals surface area contributed by atoms with Gasteiger partial charge in [0.05, 0.1) is 34.9 Å². The minimum atomic E-state index is -0.563. The fourth-order valence-electron chi connectivity index (χ4n) is 2.31. The summed E-state index contributed by atoms with van der Waals surface area (Å²) in [6.45, 7) is 2.47. The average Bonchev–Trinajstić information content (AvgIpc) is 3.03. The lowest BCUT2D eigenvalue weighted by Gasteiger charge is -2.05. The maximum absolute atomic E-state index is 11.0. The van der Waals surface area contributed by atoms with Gasteiger partial charge in [0.15, 0.2) is 11.5 Å². The third-order valence-corrected chi connectivity index (χ3v) is 4.44. The number of thiazole rings is 1. The average molecular weight is 373 g/mol. The number of ether oxygens (including phenoxy) is 2. The third kappa shape index (κ3) is 3.57. The summed E-state index contributed by atoms with van der Waals surface area (Å²) in [5, 5.41) is 21.6. The van der Waals surface area contributed by atoms with Gasteiger partial charge < -0.3 is 14.6 Å². The van der Waals surface area contributed by atoms with Crippen LogP contribution in [0.25, 0.3) is 10.2 Å². The van der Waals surface area contributed by atoms with Gasteiger partial charge in [-0.05, 0) is 19.1 Å². The van der Waals surface area contributed by atoms with E-state index in [1.807, 2.05) is 25.1 Å². The molecule has 0 atom stereocenters. The zero-order valence-electron chi connectivity index (χ0n) is 14.0. The lowest BCUT2D eigenvalue weighted by atomic mass is 10.1. The Morgan fingerprint density at radius 3 is 2.88 bits per heavy atom. The first-order chi connectivity index (χ1) is 12.5. The Balaban J connectivity index is 1.95. The van der Waals surface area contributed by atoms with Crippen LogP contribution in [0.1, 0.15) is 12.5 Å². The first-order valence-electron chi connectivity index (χ1n) is 7.64. The first-order valence-corrected chi connectivity index (χ1v) is 8.46. The summed E-state index contributed by atoms with van der Waals surface area (Å²) in [5.41, 5.74) is 0.714. The molecule has 0 saturated carbocycles. The van der Waals surface area contributed by atoms with Crippen molar-refractivity contribution in [1.82, 2.24) is 4.98 Å². The van der Waals surface area contributed by atoms with Gasteiger partial charge in [-0.25, -0.2) is 9.98 Å². The summed E-state index contributed by atoms with van der Waals surface area (Å²) in [6.07, 6.45) is 1.33. The number of fused-ring (bicyclic) bond motifs is 1. The fourth-order valence-corrected chi connectivity index (χ4v) is 3.10. The van der Waals surface area contributed by atoms with Crippen molar-refractivity contribution in [2.75, 3.05) is 13.7 Å². The van der Waals surface area contributed by atoms with E-state index in [2.05, 4.69) is 9.98 Å². The summed E-state index contributed by atoms with van der Waals surface area (Å²) in [4.78, 5) is 19.1. The number of aliphatic imine (C=N–C) groups is 1. The third-order valence-electron chi connectivity index (χ3n) is 3.49. The van der Waals surface area contributed by atoms with Gasteiger partial charge in [0.1, 0.15) is 5.75 Å². The van der Waals surface area contributed by atoms with E-state index < -0.39 is 4.92 Å². The molecular weight excluding hydrogens is 358 g/mol. The van der Waals surface area contributed by atoms with Gasteiger partial charge >= 0.3 is 0 Å². The monoisotopic (exact) mass is 373 g/mol. The second-order valence-corrected chi connectivity index (χ2v) is 6.17. The molecule has 3 aromatic rings. The van der Waals surface area contributed by atoms with Crippen LogP contribution >= 0.6 is 11.3 Å². The van der Waals surface area contributed by atoms with Gasteiger partial charge in [-0.1, -0.05) is 11.3 Å². The number of nitro benzene ring substituents is 1. The highest BCUT2D eigenvalue weighted by molar-refractivity contribution is 7.22. The fraction of sp³-hybridized carbons (Fsp3) is 0.176. The van der Waals surface area contributed by atoms with Crippen LogP contribution in [0.5, 0.6) is 17.2 Å². The first kappa shape index (κ1) is 17.6. The van der Waals surface area contributed by atoms with E-state index >= 15 is 0 Å². The van der Waals surface area contributed by atoms with Crippen LogP contribution in [0.4, 0.5) is 10.8 Å². The van der Waals surface area contributed by atoms with Crippen LogP contribution in [0.15, 0.2) is 35.3 Å². The second kappa shape index (κ2) is 7.36. The summed E-state index contributed by atoms with van der Waals surface area (Å²) >= 11 is 1.36. The molecule has 1 heterocycles. The molecule has 0 radical (unpaired) electrons. The topological polar surface area (TPSA) is 107 Å². The minimum absolute atomic E-state index is 0.00584. The lowest BCUT2D eigenvalue weighted by Crippen LogP contribution is -1.94. The predicted molar refractivity (Wildman–Crippen MR) is 99.4 cm³/mol. The molecule has 2 aromatic carbocycles. The molecule has 0 spiro atoms. The van der Waals surface area contributed by atoms with Gasteiger partial charge in [0.2, 0.25) is 5.13 Å². The van der Waals surface area contributed by atoms with Crippen molar-refractivity contribution in [3.8, 4) is 17.2 Å². The van der Waals surface area contributed by atoms with E-state index in [-0.39, 0.29) is 22.7 Å². The van der Waals surface area contributed by atoms with Crippen molar-refractivity contribution >= 4 is 38.6 Å². The predicted octanol–water partition coefficient (Wildman–Crippen LogP) is 4.07. The quantitative estimate of drug-likeness (QED) is 0.396. The molecule has 0 fully saturated rings. The maximum Gasteiger partial charge on any atom is 0.274 e. The number of phenolic OH excluding ortho intramolecular Hbond substituents is 1. The number of aromatic hydroxyl groups is 1. The van der Waals surface area contributed by atoms with Crippen molar-refractivity contribution in [3.05, 3.63) is 46.0 Å². The molecule has 8 nitrogen and oxygen atoms in total. The summed E-state index contributed by atoms with van der Waals surface area (Å²) in [7, 11) is 1.32. The number of methoxy groups -OCH3 is 1. The number of rotatable bonds is 6. The number of hydrogen-bond acceptors (Lipinski definition) is 8. The van der Waals surface area contributed by atoms with Gasteiger partial charge in [-0.3, -0.25) is 10.1 Å². The Morgan fingerprint density at radius 2 is 2.19 bits per heavy atom. The maximum atomic E-state index is 11.0. The molecule has 0 aliphatic rings. The number of hydrogen-bond donors (Lipinski definition) is 1. The number of benzene rings is 2. The van der Waals surface area contributed by atoms with Gasteiger partial charge in [0.25, 0.3) is 5.69 Å². The van der Waals surface area contributed by atoms with Crippen molar-refractivity contribution in [2.24, 2.45) is 4.99 Å². The van der Waals surface area contributed by atoms with Gasteiger partial charge in [0, 0.05) is 23.9 Å². The molecule has 0 aliphatic heterocycles. The van der Waals surface area contributed by atoms with Crippen molar-refractivity contribution in [2.45, 2.75) is 6.92 Å². The minimum Gasteiger partial charge on any atom is -0.504 e. The molecule has 3 rings (SSSR count). The largest absolute Gasteiger partial charge is 0.504 e. The van der Waals surface area contributed by atoms with E-state index in [0.717, 1.165) is 22.0 Å². The van der Waals surface area contributed by atoms with E-state index in [9.17, 15) is 15.2 Å².